The molecule has 0 amide bonds. The molecule has 0 radical (unpaired) electrons. The van der Waals surface area contributed by atoms with Crippen LogP contribution in [0.2, 0.25) is 0 Å². The fourth-order valence-corrected chi connectivity index (χ4v) is 4.31. The molecular formula is C24H6F5NO5. The van der Waals surface area contributed by atoms with Gasteiger partial charge in [-0.05, 0) is 57.9 Å². The Balaban J connectivity index is 1.71. The molecule has 0 aliphatic carbocycles. The number of furan rings is 1. The molecule has 0 saturated carbocycles. The molecule has 0 N–H and O–H groups in total. The van der Waals surface area contributed by atoms with E-state index in [1.165, 1.54) is 24.3 Å². The van der Waals surface area contributed by atoms with Crippen molar-refractivity contribution in [2.45, 2.75) is 0 Å². The van der Waals surface area contributed by atoms with Gasteiger partial charge in [-0.2, -0.15) is 0 Å². The molecule has 2 heterocycles. The summed E-state index contributed by atoms with van der Waals surface area (Å²) < 4.78 is 74.0. The molecule has 11 heteroatoms. The first-order chi connectivity index (χ1) is 16.6. The van der Waals surface area contributed by atoms with Crippen LogP contribution < -0.4 is 22.4 Å². The average Bonchev–Trinajstić information content (AvgIpc) is 3.24. The van der Waals surface area contributed by atoms with Crippen LogP contribution in [-0.2, 0) is 0 Å². The third-order valence-electron chi connectivity index (χ3n) is 5.97. The van der Waals surface area contributed by atoms with Crippen molar-refractivity contribution in [1.29, 1.82) is 0 Å². The minimum atomic E-state index is -2.42. The molecule has 6 rings (SSSR count). The Hall–Kier alpha value is -4.67. The third-order valence-corrected chi connectivity index (χ3v) is 5.97. The Kier molecular flexibility index (Phi) is 3.99. The normalized spacial score (nSPS) is 12.0. The molecule has 6 aromatic rings. The van der Waals surface area contributed by atoms with Gasteiger partial charge in [0.05, 0.1) is 21.5 Å². The lowest BCUT2D eigenvalue weighted by Gasteiger charge is -2.07. The van der Waals surface area contributed by atoms with E-state index < -0.39 is 57.1 Å². The first-order valence-electron chi connectivity index (χ1n) is 9.80. The topological polar surface area (TPSA) is 86.3 Å². The van der Waals surface area contributed by atoms with Gasteiger partial charge in [-0.1, -0.05) is 0 Å². The zero-order valence-corrected chi connectivity index (χ0v) is 16.8. The standard InChI is InChI=1S/C24H6F5NO5/c25-15-16(26)18(28)20(19(29)17(15)27)30-21(31)11-3-7-1-9-5-13-14(24(34)35-23(13)33)6-10(9)2-8(7)4-12(11)22(30)32/h1-6H. The van der Waals surface area contributed by atoms with Crippen molar-refractivity contribution in [2.24, 2.45) is 0 Å². The highest BCUT2D eigenvalue weighted by Crippen LogP contribution is 2.29. The van der Waals surface area contributed by atoms with E-state index in [-0.39, 0.29) is 26.1 Å². The van der Waals surface area contributed by atoms with Crippen molar-refractivity contribution in [1.82, 2.24) is 4.57 Å². The summed E-state index contributed by atoms with van der Waals surface area (Å²) >= 11 is 0. The van der Waals surface area contributed by atoms with Gasteiger partial charge in [-0.25, -0.2) is 36.1 Å². The molecular weight excluding hydrogens is 477 g/mol. The number of fused-ring (bicyclic) bond motifs is 4. The van der Waals surface area contributed by atoms with Gasteiger partial charge in [0.15, 0.2) is 23.3 Å². The largest absolute Gasteiger partial charge is 0.386 e. The number of benzene rings is 4. The van der Waals surface area contributed by atoms with Crippen LogP contribution in [0.1, 0.15) is 0 Å². The van der Waals surface area contributed by atoms with E-state index >= 15 is 0 Å². The number of rotatable bonds is 1. The summed E-state index contributed by atoms with van der Waals surface area (Å²) in [6, 6.07) is 8.37. The maximum Gasteiger partial charge on any atom is 0.346 e. The van der Waals surface area contributed by atoms with Crippen LogP contribution in [0.3, 0.4) is 0 Å². The zero-order valence-electron chi connectivity index (χ0n) is 16.8. The minimum absolute atomic E-state index is 0.0479. The summed E-state index contributed by atoms with van der Waals surface area (Å²) in [6.07, 6.45) is 0. The summed E-state index contributed by atoms with van der Waals surface area (Å²) in [4.78, 5) is 49.5. The maximum absolute atomic E-state index is 14.3. The molecule has 0 saturated heterocycles. The highest BCUT2D eigenvalue weighted by Gasteiger charge is 2.30. The number of hydrogen-bond acceptors (Lipinski definition) is 5. The molecule has 0 aliphatic rings. The summed E-state index contributed by atoms with van der Waals surface area (Å²) in [7, 11) is 0. The lowest BCUT2D eigenvalue weighted by Crippen LogP contribution is -2.27. The Labute approximate surface area is 187 Å². The van der Waals surface area contributed by atoms with Gasteiger partial charge in [0.25, 0.3) is 11.1 Å². The van der Waals surface area contributed by atoms with Gasteiger partial charge < -0.3 is 4.42 Å². The highest BCUT2D eigenvalue weighted by molar-refractivity contribution is 6.07. The van der Waals surface area contributed by atoms with Crippen molar-refractivity contribution in [3.05, 3.63) is 107 Å². The smallest absolute Gasteiger partial charge is 0.346 e. The average molecular weight is 483 g/mol. The van der Waals surface area contributed by atoms with Crippen LogP contribution >= 0.6 is 0 Å². The molecule has 4 aromatic carbocycles. The van der Waals surface area contributed by atoms with Crippen molar-refractivity contribution in [3.63, 3.8) is 0 Å². The highest BCUT2D eigenvalue weighted by atomic mass is 19.2. The van der Waals surface area contributed by atoms with Crippen LogP contribution in [0, 0.1) is 29.1 Å². The predicted octanol–water partition coefficient (Wildman–Crippen LogP) is 3.70. The van der Waals surface area contributed by atoms with Gasteiger partial charge in [-0.15, -0.1) is 0 Å². The van der Waals surface area contributed by atoms with E-state index in [4.69, 9.17) is 0 Å². The van der Waals surface area contributed by atoms with Crippen LogP contribution in [-0.4, -0.2) is 4.57 Å². The van der Waals surface area contributed by atoms with Crippen LogP contribution in [0.15, 0.2) is 60.0 Å². The number of hydrogen-bond donors (Lipinski definition) is 0. The Bertz CT molecular complexity index is 2010. The molecule has 0 fully saturated rings. The van der Waals surface area contributed by atoms with E-state index in [1.807, 2.05) is 0 Å². The van der Waals surface area contributed by atoms with Gasteiger partial charge in [0.2, 0.25) is 5.82 Å². The second-order valence-corrected chi connectivity index (χ2v) is 7.88. The van der Waals surface area contributed by atoms with Crippen LogP contribution in [0.4, 0.5) is 22.0 Å². The van der Waals surface area contributed by atoms with E-state index in [0.717, 1.165) is 0 Å². The van der Waals surface area contributed by atoms with Gasteiger partial charge >= 0.3 is 11.3 Å². The van der Waals surface area contributed by atoms with E-state index in [2.05, 4.69) is 4.42 Å². The lowest BCUT2D eigenvalue weighted by molar-refractivity contribution is 0.375. The summed E-state index contributed by atoms with van der Waals surface area (Å²) in [5, 5.41) is 1.16. The van der Waals surface area contributed by atoms with Gasteiger partial charge in [0, 0.05) is 0 Å². The molecule has 35 heavy (non-hydrogen) atoms. The SMILES string of the molecule is O=c1oc(=O)c2cc3cc4cc5c(=O)n(-c6c(F)c(F)c(F)c(F)c6F)c(=O)c5cc4cc3cc12. The van der Waals surface area contributed by atoms with Crippen molar-refractivity contribution >= 4 is 43.1 Å². The Morgan fingerprint density at radius 3 is 1.23 bits per heavy atom. The van der Waals surface area contributed by atoms with E-state index in [1.54, 1.807) is 12.1 Å². The maximum atomic E-state index is 14.3. The van der Waals surface area contributed by atoms with Crippen molar-refractivity contribution in [3.8, 4) is 5.69 Å². The molecule has 0 bridgehead atoms. The Morgan fingerprint density at radius 1 is 0.486 bits per heavy atom. The van der Waals surface area contributed by atoms with Crippen LogP contribution in [0.25, 0.3) is 48.8 Å². The molecule has 2 aromatic heterocycles. The van der Waals surface area contributed by atoms with E-state index in [9.17, 15) is 41.1 Å². The summed E-state index contributed by atoms with van der Waals surface area (Å²) in [5.74, 6) is -11.7. The molecule has 0 spiro atoms. The quantitative estimate of drug-likeness (QED) is 0.154. The number of aromatic nitrogens is 1. The van der Waals surface area contributed by atoms with E-state index in [0.29, 0.717) is 21.5 Å². The minimum Gasteiger partial charge on any atom is -0.386 e. The fourth-order valence-electron chi connectivity index (χ4n) is 4.31. The molecule has 0 unspecified atom stereocenters. The number of halogens is 5. The third kappa shape index (κ3) is 2.63. The van der Waals surface area contributed by atoms with Gasteiger partial charge in [0.1, 0.15) is 5.69 Å². The molecule has 0 atom stereocenters. The first kappa shape index (κ1) is 20.9. The molecule has 172 valence electrons. The van der Waals surface area contributed by atoms with Gasteiger partial charge in [-0.3, -0.25) is 9.59 Å². The number of nitrogens with zero attached hydrogens (tertiary/aromatic N) is 1. The van der Waals surface area contributed by atoms with Crippen LogP contribution in [0.5, 0.6) is 0 Å². The monoisotopic (exact) mass is 483 g/mol. The first-order valence-corrected chi connectivity index (χ1v) is 9.80. The van der Waals surface area contributed by atoms with Crippen molar-refractivity contribution < 1.29 is 26.4 Å². The fraction of sp³-hybridized carbons (Fsp3) is 0. The lowest BCUT2D eigenvalue weighted by atomic mass is 10.00. The molecule has 0 aliphatic heterocycles. The second-order valence-electron chi connectivity index (χ2n) is 7.88. The summed E-state index contributed by atoms with van der Waals surface area (Å²) in [6.45, 7) is 0. The Morgan fingerprint density at radius 2 is 0.829 bits per heavy atom. The predicted molar refractivity (Wildman–Crippen MR) is 115 cm³/mol. The molecule has 6 nitrogen and oxygen atoms in total. The summed E-state index contributed by atoms with van der Waals surface area (Å²) in [5.41, 5.74) is -5.87. The second kappa shape index (κ2) is 6.69. The van der Waals surface area contributed by atoms with Crippen molar-refractivity contribution in [2.75, 3.05) is 0 Å². The zero-order chi connectivity index (χ0) is 24.9.